The maximum atomic E-state index is 13.3. The predicted octanol–water partition coefficient (Wildman–Crippen LogP) is 2.82. The summed E-state index contributed by atoms with van der Waals surface area (Å²) >= 11 is 7.44. The fraction of sp³-hybridized carbons (Fsp3) is 0.444. The van der Waals surface area contributed by atoms with Crippen LogP contribution in [0.5, 0.6) is 0 Å². The van der Waals surface area contributed by atoms with Gasteiger partial charge >= 0.3 is 11.9 Å². The molecule has 1 aromatic carbocycles. The normalized spacial score (nSPS) is 22.8. The molecule has 4 atom stereocenters. The van der Waals surface area contributed by atoms with Crippen LogP contribution in [-0.2, 0) is 32.0 Å². The molecule has 2 amide bonds. The van der Waals surface area contributed by atoms with Crippen LogP contribution in [0, 0.1) is 0 Å². The fourth-order valence-corrected chi connectivity index (χ4v) is 6.52. The maximum absolute atomic E-state index is 13.3. The van der Waals surface area contributed by atoms with Crippen LogP contribution >= 0.6 is 22.9 Å². The molecule has 0 radical (unpaired) electrons. The highest BCUT2D eigenvalue weighted by Crippen LogP contribution is 2.28. The molecule has 1 aliphatic heterocycles. The molecule has 0 bridgehead atoms. The number of nitrogens with one attached hydrogen (secondary N) is 3. The van der Waals surface area contributed by atoms with Gasteiger partial charge in [0.05, 0.1) is 17.8 Å². The molecule has 5 rings (SSSR count). The number of H-pyrrole nitrogens is 1. The minimum atomic E-state index is -0.802. The zero-order chi connectivity index (χ0) is 28.6. The molecule has 13 heteroatoms. The van der Waals surface area contributed by atoms with E-state index in [-0.39, 0.29) is 18.7 Å². The van der Waals surface area contributed by atoms with Gasteiger partial charge in [-0.15, -0.1) is 11.3 Å². The van der Waals surface area contributed by atoms with Gasteiger partial charge in [-0.1, -0.05) is 11.6 Å². The second-order valence-corrected chi connectivity index (χ2v) is 11.7. The summed E-state index contributed by atoms with van der Waals surface area (Å²) in [4.78, 5) is 61.2. The smallest absolute Gasteiger partial charge is 0.303 e. The number of benzene rings is 1. The van der Waals surface area contributed by atoms with Crippen LogP contribution in [0.2, 0.25) is 5.02 Å². The van der Waals surface area contributed by atoms with Gasteiger partial charge in [-0.3, -0.25) is 19.2 Å². The number of fused-ring (bicyclic) bond motifs is 2. The third-order valence-corrected chi connectivity index (χ3v) is 8.40. The van der Waals surface area contributed by atoms with Crippen molar-refractivity contribution in [2.45, 2.75) is 63.9 Å². The summed E-state index contributed by atoms with van der Waals surface area (Å²) < 4.78 is 10.9. The van der Waals surface area contributed by atoms with Gasteiger partial charge in [0.1, 0.15) is 17.9 Å². The molecule has 1 fully saturated rings. The molecule has 0 saturated heterocycles. The van der Waals surface area contributed by atoms with Gasteiger partial charge in [0.15, 0.2) is 5.01 Å². The number of esters is 2. The topological polar surface area (TPSA) is 143 Å². The summed E-state index contributed by atoms with van der Waals surface area (Å²) in [5.41, 5.74) is 1.98. The van der Waals surface area contributed by atoms with Crippen molar-refractivity contribution < 1.29 is 28.7 Å². The van der Waals surface area contributed by atoms with Gasteiger partial charge < -0.3 is 30.0 Å². The zero-order valence-electron chi connectivity index (χ0n) is 22.3. The van der Waals surface area contributed by atoms with Gasteiger partial charge in [-0.2, -0.15) is 0 Å². The van der Waals surface area contributed by atoms with Crippen molar-refractivity contribution in [3.63, 3.8) is 0 Å². The predicted molar refractivity (Wildman–Crippen MR) is 148 cm³/mol. The number of ether oxygens (including phenoxy) is 2. The Morgan fingerprint density at radius 1 is 1.02 bits per heavy atom. The molecule has 2 unspecified atom stereocenters. The number of hydrogen-bond donors (Lipinski definition) is 3. The minimum absolute atomic E-state index is 0.124. The van der Waals surface area contributed by atoms with Crippen molar-refractivity contribution >= 4 is 57.6 Å². The van der Waals surface area contributed by atoms with Gasteiger partial charge in [0.2, 0.25) is 0 Å². The van der Waals surface area contributed by atoms with Crippen molar-refractivity contribution in [2.24, 2.45) is 0 Å². The Bertz CT molecular complexity index is 1470. The van der Waals surface area contributed by atoms with E-state index in [4.69, 9.17) is 21.1 Å². The number of hydrogen-bond acceptors (Lipinski definition) is 9. The number of thiazole rings is 1. The highest BCUT2D eigenvalue weighted by atomic mass is 35.5. The van der Waals surface area contributed by atoms with E-state index in [1.165, 1.54) is 25.2 Å². The van der Waals surface area contributed by atoms with Crippen LogP contribution in [-0.4, -0.2) is 76.5 Å². The summed E-state index contributed by atoms with van der Waals surface area (Å²) in [6.07, 6.45) is -0.576. The lowest BCUT2D eigenvalue weighted by Crippen LogP contribution is -2.60. The Labute approximate surface area is 239 Å². The Balaban J connectivity index is 1.39. The van der Waals surface area contributed by atoms with Crippen LogP contribution in [0.4, 0.5) is 0 Å². The first-order chi connectivity index (χ1) is 19.0. The third-order valence-electron chi connectivity index (χ3n) is 7.08. The number of amides is 2. The van der Waals surface area contributed by atoms with Gasteiger partial charge in [-0.05, 0) is 31.3 Å². The molecule has 0 spiro atoms. The number of aromatic amines is 1. The van der Waals surface area contributed by atoms with Crippen molar-refractivity contribution in [2.75, 3.05) is 13.6 Å². The lowest BCUT2D eigenvalue weighted by atomic mass is 9.85. The summed E-state index contributed by atoms with van der Waals surface area (Å²) in [5, 5.41) is 7.63. The molecule has 2 aromatic heterocycles. The van der Waals surface area contributed by atoms with Crippen LogP contribution in [0.1, 0.15) is 57.6 Å². The number of rotatable bonds is 6. The molecule has 1 aliphatic carbocycles. The van der Waals surface area contributed by atoms with Gasteiger partial charge in [0, 0.05) is 67.0 Å². The number of aromatic nitrogens is 2. The first kappa shape index (κ1) is 28.1. The molecule has 212 valence electrons. The number of carbonyl (C=O) groups is 4. The van der Waals surface area contributed by atoms with Crippen molar-refractivity contribution in [1.29, 1.82) is 0 Å². The summed E-state index contributed by atoms with van der Waals surface area (Å²) in [7, 11) is 2.02. The Morgan fingerprint density at radius 3 is 2.33 bits per heavy atom. The van der Waals surface area contributed by atoms with E-state index >= 15 is 0 Å². The van der Waals surface area contributed by atoms with Crippen LogP contribution in [0.25, 0.3) is 10.9 Å². The summed E-state index contributed by atoms with van der Waals surface area (Å²) in [5.74, 6) is -1.86. The SMILES string of the molecule is CC(=O)OC1C[C@H](NC(=O)c2cc3cc(Cl)ccc3[nH]2)[C@H](NC(=O)c2nc3c(s2)CN(C)CC3)CC1OC(C)=O. The number of halogens is 1. The monoisotopic (exact) mass is 587 g/mol. The van der Waals surface area contributed by atoms with E-state index < -0.39 is 42.1 Å². The highest BCUT2D eigenvalue weighted by Gasteiger charge is 2.42. The van der Waals surface area contributed by atoms with Crippen molar-refractivity contribution in [3.8, 4) is 0 Å². The number of carbonyl (C=O) groups excluding carboxylic acids is 4. The van der Waals surface area contributed by atoms with Crippen molar-refractivity contribution in [3.05, 3.63) is 50.6 Å². The van der Waals surface area contributed by atoms with Crippen molar-refractivity contribution in [1.82, 2.24) is 25.5 Å². The Hall–Kier alpha value is -3.48. The number of nitrogens with zero attached hydrogens (tertiary/aromatic N) is 2. The average molecular weight is 588 g/mol. The summed E-state index contributed by atoms with van der Waals surface area (Å²) in [6, 6.07) is 5.68. The van der Waals surface area contributed by atoms with Crippen LogP contribution in [0.3, 0.4) is 0 Å². The Morgan fingerprint density at radius 2 is 1.68 bits per heavy atom. The van der Waals surface area contributed by atoms with E-state index in [2.05, 4.69) is 25.5 Å². The second kappa shape index (κ2) is 11.6. The molecular weight excluding hydrogens is 558 g/mol. The standard InChI is InChI=1S/C27H30ClN5O6S/c1-13(34)38-22-10-19(30-25(36)21-9-15-8-16(28)4-5-17(15)29-21)20(11-23(22)39-14(2)35)31-26(37)27-32-18-6-7-33(3)12-24(18)40-27/h4-5,8-9,19-20,22-23,29H,6-7,10-12H2,1-3H3,(H,30,36)(H,31,37)/t19-,20+,22?,23?/m0/s1. The third kappa shape index (κ3) is 6.29. The molecule has 40 heavy (non-hydrogen) atoms. The molecule has 3 N–H and O–H groups in total. The first-order valence-electron chi connectivity index (χ1n) is 13.0. The van der Waals surface area contributed by atoms with Gasteiger partial charge in [0.25, 0.3) is 11.8 Å². The second-order valence-electron chi connectivity index (χ2n) is 10.2. The first-order valence-corrected chi connectivity index (χ1v) is 14.2. The van der Waals surface area contributed by atoms with E-state index in [9.17, 15) is 19.2 Å². The van der Waals surface area contributed by atoms with E-state index in [0.29, 0.717) is 15.7 Å². The molecule has 11 nitrogen and oxygen atoms in total. The van der Waals surface area contributed by atoms with Gasteiger partial charge in [-0.25, -0.2) is 4.98 Å². The zero-order valence-corrected chi connectivity index (χ0v) is 23.9. The lowest BCUT2D eigenvalue weighted by Gasteiger charge is -2.40. The van der Waals surface area contributed by atoms with Crippen LogP contribution < -0.4 is 10.6 Å². The molecule has 2 aliphatic rings. The largest absolute Gasteiger partial charge is 0.459 e. The molecule has 3 aromatic rings. The average Bonchev–Trinajstić information content (AvgIpc) is 3.49. The maximum Gasteiger partial charge on any atom is 0.303 e. The quantitative estimate of drug-likeness (QED) is 0.374. The molecular formula is C27H30ClN5O6S. The van der Waals surface area contributed by atoms with Crippen LogP contribution in [0.15, 0.2) is 24.3 Å². The highest BCUT2D eigenvalue weighted by molar-refractivity contribution is 7.13. The lowest BCUT2D eigenvalue weighted by molar-refractivity contribution is -0.170. The molecule has 1 saturated carbocycles. The minimum Gasteiger partial charge on any atom is -0.459 e. The number of likely N-dealkylation sites (N-methyl/N-ethyl adjacent to an activating group) is 1. The Kier molecular flexibility index (Phi) is 8.11. The molecule has 3 heterocycles. The summed E-state index contributed by atoms with van der Waals surface area (Å²) in [6.45, 7) is 4.14. The van der Waals surface area contributed by atoms with E-state index in [1.807, 2.05) is 7.05 Å². The van der Waals surface area contributed by atoms with E-state index in [0.717, 1.165) is 41.0 Å². The van der Waals surface area contributed by atoms with E-state index in [1.54, 1.807) is 24.3 Å². The fourth-order valence-electron chi connectivity index (χ4n) is 5.25.